The molecule has 0 saturated heterocycles. The van der Waals surface area contributed by atoms with Gasteiger partial charge in [0, 0.05) is 11.8 Å². The molecule has 1 heterocycles. The van der Waals surface area contributed by atoms with Crippen molar-refractivity contribution in [2.24, 2.45) is 10.7 Å². The summed E-state index contributed by atoms with van der Waals surface area (Å²) < 4.78 is 54.0. The maximum absolute atomic E-state index is 13.8. The summed E-state index contributed by atoms with van der Waals surface area (Å²) in [5.41, 5.74) is 3.73. The van der Waals surface area contributed by atoms with Crippen LogP contribution >= 0.6 is 11.6 Å². The highest BCUT2D eigenvalue weighted by atomic mass is 35.5. The van der Waals surface area contributed by atoms with Crippen LogP contribution in [0.5, 0.6) is 5.75 Å². The van der Waals surface area contributed by atoms with E-state index in [0.717, 1.165) is 18.3 Å². The molecule has 0 amide bonds. The molecular formula is C11H8ClF4N3O. The van der Waals surface area contributed by atoms with Crippen molar-refractivity contribution >= 4 is 16.9 Å². The minimum Gasteiger partial charge on any atom is -0.406 e. The number of halogens is 5. The summed E-state index contributed by atoms with van der Waals surface area (Å²) in [6, 6.07) is 4.56. The predicted molar refractivity (Wildman–Crippen MR) is 64.6 cm³/mol. The molecule has 20 heavy (non-hydrogen) atoms. The lowest BCUT2D eigenvalue weighted by Gasteiger charge is -2.27. The summed E-state index contributed by atoms with van der Waals surface area (Å²) in [7, 11) is 0. The average molecular weight is 310 g/mol. The number of amidine groups is 1. The summed E-state index contributed by atoms with van der Waals surface area (Å²) in [6.45, 7) is 0. The number of nitrogens with two attached hydrogens (primary N) is 1. The number of aliphatic imine (C=N–C) groups is 1. The van der Waals surface area contributed by atoms with Crippen LogP contribution in [0.25, 0.3) is 0 Å². The number of hydrogen-bond acceptors (Lipinski definition) is 4. The largest absolute Gasteiger partial charge is 0.573 e. The normalized spacial score (nSPS) is 22.7. The van der Waals surface area contributed by atoms with Crippen LogP contribution in [0.15, 0.2) is 41.3 Å². The van der Waals surface area contributed by atoms with Gasteiger partial charge in [-0.15, -0.1) is 13.2 Å². The van der Waals surface area contributed by atoms with Crippen LogP contribution in [0.2, 0.25) is 0 Å². The van der Waals surface area contributed by atoms with Crippen molar-refractivity contribution in [1.29, 1.82) is 0 Å². The first-order valence-electron chi connectivity index (χ1n) is 5.24. The smallest absolute Gasteiger partial charge is 0.406 e. The number of alkyl halides is 3. The molecule has 1 atom stereocenters. The summed E-state index contributed by atoms with van der Waals surface area (Å²) in [5.74, 6) is -1.43. The average Bonchev–Trinajstić information content (AvgIpc) is 2.32. The lowest BCUT2D eigenvalue weighted by molar-refractivity contribution is -0.274. The van der Waals surface area contributed by atoms with E-state index in [9.17, 15) is 17.6 Å². The van der Waals surface area contributed by atoms with Crippen LogP contribution in [0.3, 0.4) is 0 Å². The Balaban J connectivity index is 2.40. The minimum atomic E-state index is -4.86. The first kappa shape index (κ1) is 14.6. The standard InChI is InChI=1S/C11H8ClF4N3O/c12-9-18-5-8(13)10(17,19-9)6-2-1-3-7(4-6)20-11(14,15)16/h1-5H,17H2,(H,18,19). The van der Waals surface area contributed by atoms with Crippen LogP contribution in [0.1, 0.15) is 5.56 Å². The fourth-order valence-electron chi connectivity index (χ4n) is 1.61. The molecule has 0 aliphatic carbocycles. The van der Waals surface area contributed by atoms with Gasteiger partial charge in [-0.3, -0.25) is 5.73 Å². The van der Waals surface area contributed by atoms with E-state index in [1.165, 1.54) is 12.1 Å². The first-order chi connectivity index (χ1) is 9.21. The molecule has 1 aliphatic heterocycles. The summed E-state index contributed by atoms with van der Waals surface area (Å²) in [4.78, 5) is 3.67. The molecule has 0 radical (unpaired) electrons. The zero-order valence-electron chi connectivity index (χ0n) is 9.71. The second-order valence-electron chi connectivity index (χ2n) is 3.88. The molecule has 0 aromatic heterocycles. The van der Waals surface area contributed by atoms with E-state index in [1.807, 2.05) is 0 Å². The zero-order chi connectivity index (χ0) is 15.0. The van der Waals surface area contributed by atoms with Gasteiger partial charge in [0.2, 0.25) is 0 Å². The molecule has 1 aliphatic rings. The Labute approximate surface area is 115 Å². The van der Waals surface area contributed by atoms with Crippen molar-refractivity contribution in [3.63, 3.8) is 0 Å². The molecule has 2 rings (SSSR count). The Hall–Kier alpha value is -1.80. The van der Waals surface area contributed by atoms with Gasteiger partial charge in [-0.2, -0.15) is 0 Å². The quantitative estimate of drug-likeness (QED) is 0.652. The van der Waals surface area contributed by atoms with E-state index in [4.69, 9.17) is 17.3 Å². The Morgan fingerprint density at radius 1 is 1.35 bits per heavy atom. The molecule has 0 saturated carbocycles. The third-order valence-electron chi connectivity index (χ3n) is 2.46. The van der Waals surface area contributed by atoms with Crippen molar-refractivity contribution in [1.82, 2.24) is 5.32 Å². The second-order valence-corrected chi connectivity index (χ2v) is 4.24. The maximum Gasteiger partial charge on any atom is 0.573 e. The monoisotopic (exact) mass is 309 g/mol. The molecule has 0 spiro atoms. The molecule has 9 heteroatoms. The fraction of sp³-hybridized carbons (Fsp3) is 0.182. The Bertz CT molecular complexity index is 587. The highest BCUT2D eigenvalue weighted by molar-refractivity contribution is 6.64. The van der Waals surface area contributed by atoms with Gasteiger partial charge in [-0.25, -0.2) is 9.38 Å². The Morgan fingerprint density at radius 2 is 2.05 bits per heavy atom. The fourth-order valence-corrected chi connectivity index (χ4v) is 1.79. The van der Waals surface area contributed by atoms with E-state index >= 15 is 0 Å². The van der Waals surface area contributed by atoms with Gasteiger partial charge in [-0.05, 0) is 23.7 Å². The Kier molecular flexibility index (Phi) is 3.61. The second kappa shape index (κ2) is 4.95. The van der Waals surface area contributed by atoms with E-state index in [0.29, 0.717) is 0 Å². The van der Waals surface area contributed by atoms with Crippen molar-refractivity contribution in [2.75, 3.05) is 0 Å². The predicted octanol–water partition coefficient (Wildman–Crippen LogP) is 2.71. The minimum absolute atomic E-state index is 0.0346. The number of nitrogens with zero attached hydrogens (tertiary/aromatic N) is 1. The third kappa shape index (κ3) is 3.02. The molecule has 1 unspecified atom stereocenters. The number of rotatable bonds is 2. The SMILES string of the molecule is NC1(c2cccc(OC(F)(F)F)c2)N=C(Cl)NC=C1F. The third-order valence-corrected chi connectivity index (χ3v) is 2.66. The summed E-state index contributed by atoms with van der Waals surface area (Å²) in [6.07, 6.45) is -3.98. The van der Waals surface area contributed by atoms with Crippen LogP contribution in [0, 0.1) is 0 Å². The van der Waals surface area contributed by atoms with Crippen LogP contribution in [0.4, 0.5) is 17.6 Å². The number of hydrogen-bond donors (Lipinski definition) is 2. The van der Waals surface area contributed by atoms with Gasteiger partial charge in [0.1, 0.15) is 5.75 Å². The first-order valence-corrected chi connectivity index (χ1v) is 5.62. The molecule has 1 aromatic carbocycles. The summed E-state index contributed by atoms with van der Waals surface area (Å²) in [5, 5.41) is 2.11. The molecule has 0 fully saturated rings. The van der Waals surface area contributed by atoms with Crippen LogP contribution < -0.4 is 15.8 Å². The molecule has 1 aromatic rings. The van der Waals surface area contributed by atoms with Gasteiger partial charge in [0.25, 0.3) is 0 Å². The van der Waals surface area contributed by atoms with Gasteiger partial charge in [0.05, 0.1) is 0 Å². The van der Waals surface area contributed by atoms with E-state index in [-0.39, 0.29) is 10.9 Å². The molecule has 108 valence electrons. The van der Waals surface area contributed by atoms with E-state index in [1.54, 1.807) is 0 Å². The van der Waals surface area contributed by atoms with Gasteiger partial charge in [-0.1, -0.05) is 12.1 Å². The van der Waals surface area contributed by atoms with E-state index < -0.39 is 23.6 Å². The van der Waals surface area contributed by atoms with Gasteiger partial charge >= 0.3 is 6.36 Å². The van der Waals surface area contributed by atoms with Gasteiger partial charge in [0.15, 0.2) is 16.8 Å². The summed E-state index contributed by atoms with van der Waals surface area (Å²) >= 11 is 5.60. The van der Waals surface area contributed by atoms with Crippen LogP contribution in [-0.4, -0.2) is 11.7 Å². The highest BCUT2D eigenvalue weighted by Crippen LogP contribution is 2.34. The number of ether oxygens (including phenoxy) is 1. The lowest BCUT2D eigenvalue weighted by atomic mass is 9.99. The Morgan fingerprint density at radius 3 is 2.70 bits per heavy atom. The zero-order valence-corrected chi connectivity index (χ0v) is 10.5. The molecular weight excluding hydrogens is 302 g/mol. The number of nitrogens with one attached hydrogen (secondary N) is 1. The molecule has 4 nitrogen and oxygen atoms in total. The van der Waals surface area contributed by atoms with Crippen LogP contribution in [-0.2, 0) is 5.66 Å². The number of benzene rings is 1. The van der Waals surface area contributed by atoms with E-state index in [2.05, 4.69) is 15.0 Å². The highest BCUT2D eigenvalue weighted by Gasteiger charge is 2.37. The topological polar surface area (TPSA) is 59.6 Å². The van der Waals surface area contributed by atoms with Crippen molar-refractivity contribution in [3.8, 4) is 5.75 Å². The van der Waals surface area contributed by atoms with Gasteiger partial charge < -0.3 is 10.1 Å². The molecule has 0 bridgehead atoms. The van der Waals surface area contributed by atoms with Crippen molar-refractivity contribution in [2.45, 2.75) is 12.0 Å². The van der Waals surface area contributed by atoms with Crippen molar-refractivity contribution < 1.29 is 22.3 Å². The lowest BCUT2D eigenvalue weighted by Crippen LogP contribution is -2.41. The molecule has 3 N–H and O–H groups in total. The van der Waals surface area contributed by atoms with Crippen molar-refractivity contribution in [3.05, 3.63) is 41.9 Å². The maximum atomic E-state index is 13.8.